The molecule has 2 aliphatic rings. The molecule has 3 rings (SSSR count). The summed E-state index contributed by atoms with van der Waals surface area (Å²) in [4.78, 5) is 40.2. The van der Waals surface area contributed by atoms with Crippen LogP contribution in [0.25, 0.3) is 0 Å². The molecular weight excluding hydrogens is 412 g/mol. The van der Waals surface area contributed by atoms with Crippen LogP contribution >= 0.6 is 0 Å². The fraction of sp³-hybridized carbons (Fsp3) is 0.458. The lowest BCUT2D eigenvalue weighted by atomic mass is 9.60. The number of nitro groups is 1. The summed E-state index contributed by atoms with van der Waals surface area (Å²) in [5.74, 6) is -2.65. The van der Waals surface area contributed by atoms with E-state index in [4.69, 9.17) is 0 Å². The molecule has 8 nitrogen and oxygen atoms in total. The van der Waals surface area contributed by atoms with E-state index < -0.39 is 22.3 Å². The van der Waals surface area contributed by atoms with Gasteiger partial charge in [-0.1, -0.05) is 50.7 Å². The number of allylic oxidation sites excluding steroid dienone is 2. The van der Waals surface area contributed by atoms with E-state index in [0.29, 0.717) is 16.8 Å². The molecule has 2 aliphatic carbocycles. The quantitative estimate of drug-likeness (QED) is 0.460. The maximum absolute atomic E-state index is 12.9. The molecule has 0 spiro atoms. The fourth-order valence-electron chi connectivity index (χ4n) is 5.01. The normalized spacial score (nSPS) is 23.9. The van der Waals surface area contributed by atoms with Crippen LogP contribution in [0.3, 0.4) is 0 Å². The van der Waals surface area contributed by atoms with E-state index in [1.165, 1.54) is 24.3 Å². The van der Waals surface area contributed by atoms with Gasteiger partial charge in [-0.15, -0.1) is 0 Å². The van der Waals surface area contributed by atoms with Gasteiger partial charge in [-0.25, -0.2) is 4.79 Å². The lowest BCUT2D eigenvalue weighted by Gasteiger charge is -2.41. The van der Waals surface area contributed by atoms with Gasteiger partial charge in [-0.3, -0.25) is 19.9 Å². The van der Waals surface area contributed by atoms with Crippen molar-refractivity contribution in [1.82, 2.24) is 0 Å². The number of non-ortho nitro benzene ring substituents is 1. The number of nitro benzene ring substituents is 1. The Kier molecular flexibility index (Phi) is 6.62. The first-order valence-electron chi connectivity index (χ1n) is 10.8. The summed E-state index contributed by atoms with van der Waals surface area (Å²) in [7, 11) is 0. The van der Waals surface area contributed by atoms with Crippen LogP contribution in [-0.2, 0) is 9.59 Å². The van der Waals surface area contributed by atoms with E-state index in [2.05, 4.69) is 4.99 Å². The van der Waals surface area contributed by atoms with Crippen LogP contribution < -0.4 is 0 Å². The van der Waals surface area contributed by atoms with Crippen molar-refractivity contribution in [2.45, 2.75) is 52.9 Å². The number of hydrogen-bond donors (Lipinski definition) is 2. The molecule has 0 amide bonds. The van der Waals surface area contributed by atoms with Gasteiger partial charge < -0.3 is 10.2 Å². The second kappa shape index (κ2) is 9.06. The van der Waals surface area contributed by atoms with Gasteiger partial charge in [0.1, 0.15) is 5.41 Å². The van der Waals surface area contributed by atoms with Gasteiger partial charge in [0.25, 0.3) is 5.69 Å². The van der Waals surface area contributed by atoms with Gasteiger partial charge in [-0.05, 0) is 43.4 Å². The first-order valence-corrected chi connectivity index (χ1v) is 10.8. The maximum Gasteiger partial charge on any atom is 0.337 e. The van der Waals surface area contributed by atoms with Gasteiger partial charge in [0.05, 0.1) is 21.9 Å². The van der Waals surface area contributed by atoms with E-state index in [9.17, 15) is 29.9 Å². The summed E-state index contributed by atoms with van der Waals surface area (Å²) in [6.45, 7) is 5.20. The molecule has 2 atom stereocenters. The Labute approximate surface area is 186 Å². The molecule has 0 aliphatic heterocycles. The lowest BCUT2D eigenvalue weighted by molar-refractivity contribution is -0.384. The highest BCUT2D eigenvalue weighted by molar-refractivity contribution is 6.29. The van der Waals surface area contributed by atoms with E-state index in [-0.39, 0.29) is 28.8 Å². The van der Waals surface area contributed by atoms with Crippen molar-refractivity contribution in [3.63, 3.8) is 0 Å². The summed E-state index contributed by atoms with van der Waals surface area (Å²) in [6.07, 6.45) is 7.99. The molecule has 1 saturated carbocycles. The molecule has 170 valence electrons. The van der Waals surface area contributed by atoms with Crippen LogP contribution in [0.4, 0.5) is 11.4 Å². The Balaban J connectivity index is 2.24. The number of carboxylic acids is 2. The zero-order valence-electron chi connectivity index (χ0n) is 18.5. The van der Waals surface area contributed by atoms with Gasteiger partial charge >= 0.3 is 11.9 Å². The predicted molar refractivity (Wildman–Crippen MR) is 120 cm³/mol. The van der Waals surface area contributed by atoms with Gasteiger partial charge in [0, 0.05) is 12.1 Å². The lowest BCUT2D eigenvalue weighted by Crippen LogP contribution is -2.49. The molecular formula is C24H28N2O6. The minimum absolute atomic E-state index is 0.0295. The van der Waals surface area contributed by atoms with E-state index in [1.807, 2.05) is 6.92 Å². The van der Waals surface area contributed by atoms with Crippen molar-refractivity contribution in [3.05, 3.63) is 57.2 Å². The van der Waals surface area contributed by atoms with Crippen LogP contribution in [0.1, 0.15) is 51.5 Å². The number of benzene rings is 1. The zero-order valence-corrected chi connectivity index (χ0v) is 18.5. The largest absolute Gasteiger partial charge is 0.480 e. The predicted octanol–water partition coefficient (Wildman–Crippen LogP) is 5.23. The highest BCUT2D eigenvalue weighted by atomic mass is 16.6. The Morgan fingerprint density at radius 2 is 1.84 bits per heavy atom. The number of rotatable bonds is 6. The van der Waals surface area contributed by atoms with Crippen molar-refractivity contribution in [1.29, 1.82) is 0 Å². The highest BCUT2D eigenvalue weighted by Crippen LogP contribution is 2.47. The summed E-state index contributed by atoms with van der Waals surface area (Å²) in [6, 6.07) is 4.07. The topological polar surface area (TPSA) is 130 Å². The van der Waals surface area contributed by atoms with Crippen molar-refractivity contribution in [3.8, 4) is 0 Å². The third-order valence-corrected chi connectivity index (χ3v) is 6.76. The number of aryl methyl sites for hydroxylation is 1. The summed E-state index contributed by atoms with van der Waals surface area (Å²) >= 11 is 0. The molecule has 0 saturated heterocycles. The number of aliphatic carboxylic acids is 2. The number of hydrogen-bond acceptors (Lipinski definition) is 5. The zero-order chi connectivity index (χ0) is 23.6. The SMILES string of the molecule is CC1=CC(C(=O)O)([C@H](C)C2CCCCC2)C(=Nc2ccc([N+](=O)[O-])cc2C)C(C(=O)O)=C1. The van der Waals surface area contributed by atoms with Crippen LogP contribution in [0.5, 0.6) is 0 Å². The van der Waals surface area contributed by atoms with Gasteiger partial charge in [-0.2, -0.15) is 0 Å². The maximum atomic E-state index is 12.9. The third-order valence-electron chi connectivity index (χ3n) is 6.76. The number of carboxylic acid groups (broad SMARTS) is 2. The van der Waals surface area contributed by atoms with E-state index >= 15 is 0 Å². The number of nitrogens with zero attached hydrogens (tertiary/aromatic N) is 2. The first kappa shape index (κ1) is 23.4. The average molecular weight is 440 g/mol. The molecule has 1 aromatic carbocycles. The second-order valence-electron chi connectivity index (χ2n) is 8.80. The first-order chi connectivity index (χ1) is 15.1. The van der Waals surface area contributed by atoms with E-state index in [0.717, 1.165) is 32.1 Å². The van der Waals surface area contributed by atoms with Crippen molar-refractivity contribution in [2.24, 2.45) is 22.2 Å². The Morgan fingerprint density at radius 1 is 1.19 bits per heavy atom. The van der Waals surface area contributed by atoms with E-state index in [1.54, 1.807) is 19.9 Å². The average Bonchev–Trinajstić information content (AvgIpc) is 2.75. The Bertz CT molecular complexity index is 1050. The summed E-state index contributed by atoms with van der Waals surface area (Å²) < 4.78 is 0. The minimum atomic E-state index is -1.61. The molecule has 1 unspecified atom stereocenters. The smallest absolute Gasteiger partial charge is 0.337 e. The summed E-state index contributed by atoms with van der Waals surface area (Å²) in [5.41, 5.74) is -0.569. The highest BCUT2D eigenvalue weighted by Gasteiger charge is 2.52. The Hall–Kier alpha value is -3.29. The van der Waals surface area contributed by atoms with Crippen LogP contribution in [0.2, 0.25) is 0 Å². The molecule has 1 fully saturated rings. The molecule has 2 N–H and O–H groups in total. The fourth-order valence-corrected chi connectivity index (χ4v) is 5.01. The molecule has 1 aromatic rings. The molecule has 0 aromatic heterocycles. The third kappa shape index (κ3) is 4.22. The Morgan fingerprint density at radius 3 is 2.38 bits per heavy atom. The van der Waals surface area contributed by atoms with Crippen LogP contribution in [0, 0.1) is 34.3 Å². The molecule has 8 heteroatoms. The molecule has 0 radical (unpaired) electrons. The minimum Gasteiger partial charge on any atom is -0.480 e. The standard InChI is InChI=1S/C24H28N2O6/c1-14-11-19(22(27)28)21(25-20-10-9-18(26(31)32)12-15(20)2)24(13-14,23(29)30)16(3)17-7-5-4-6-8-17/h9-13,16-17H,4-8H2,1-3H3,(H,27,28)(H,29,30)/t16-,24?/m1/s1. The van der Waals surface area contributed by atoms with Crippen molar-refractivity contribution >= 4 is 29.0 Å². The van der Waals surface area contributed by atoms with Crippen molar-refractivity contribution < 1.29 is 24.7 Å². The van der Waals surface area contributed by atoms with Crippen LogP contribution in [0.15, 0.2) is 46.5 Å². The van der Waals surface area contributed by atoms with Crippen molar-refractivity contribution in [2.75, 3.05) is 0 Å². The molecule has 0 bridgehead atoms. The van der Waals surface area contributed by atoms with Gasteiger partial charge in [0.15, 0.2) is 0 Å². The monoisotopic (exact) mass is 440 g/mol. The van der Waals surface area contributed by atoms with Crippen LogP contribution in [-0.4, -0.2) is 32.8 Å². The molecule has 32 heavy (non-hydrogen) atoms. The molecule has 0 heterocycles. The second-order valence-corrected chi connectivity index (χ2v) is 8.80. The number of aliphatic imine (C=N–C) groups is 1. The van der Waals surface area contributed by atoms with Gasteiger partial charge in [0.2, 0.25) is 0 Å². The number of carbonyl (C=O) groups is 2. The summed E-state index contributed by atoms with van der Waals surface area (Å²) in [5, 5.41) is 31.5.